The third kappa shape index (κ3) is 6.02. The number of piperazine rings is 1. The van der Waals surface area contributed by atoms with Crippen LogP contribution in [0.1, 0.15) is 25.7 Å². The van der Waals surface area contributed by atoms with Crippen molar-refractivity contribution in [2.24, 2.45) is 0 Å². The maximum absolute atomic E-state index is 5.17. The molecule has 2 saturated heterocycles. The van der Waals surface area contributed by atoms with Gasteiger partial charge >= 0.3 is 0 Å². The molecule has 2 aliphatic heterocycles. The molecule has 1 aromatic carbocycles. The van der Waals surface area contributed by atoms with E-state index in [0.29, 0.717) is 6.04 Å². The van der Waals surface area contributed by atoms with Crippen molar-refractivity contribution in [3.05, 3.63) is 34.9 Å². The average molecular weight is 557 g/mol. The molecule has 0 saturated carbocycles. The second-order valence-electron chi connectivity index (χ2n) is 10.1. The normalized spacial score (nSPS) is 18.2. The van der Waals surface area contributed by atoms with Crippen LogP contribution in [0.5, 0.6) is 0 Å². The molecule has 0 amide bonds. The summed E-state index contributed by atoms with van der Waals surface area (Å²) in [5, 5.41) is 3.74. The van der Waals surface area contributed by atoms with Crippen molar-refractivity contribution >= 4 is 38.5 Å². The lowest BCUT2D eigenvalue weighted by molar-refractivity contribution is 0.182. The maximum Gasteiger partial charge on any atom is 0.159 e. The molecule has 4 heterocycles. The van der Waals surface area contributed by atoms with Crippen LogP contribution in [0.4, 0.5) is 11.4 Å². The Morgan fingerprint density at radius 2 is 1.81 bits per heavy atom. The zero-order valence-electron chi connectivity index (χ0n) is 21.5. The number of aromatic amines is 1. The Hall–Kier alpha value is -2.20. The monoisotopic (exact) mass is 555 g/mol. The molecule has 2 aliphatic rings. The van der Waals surface area contributed by atoms with E-state index in [1.165, 1.54) is 18.7 Å². The van der Waals surface area contributed by atoms with Crippen molar-refractivity contribution in [1.82, 2.24) is 24.8 Å². The van der Waals surface area contributed by atoms with Crippen molar-refractivity contribution in [1.29, 1.82) is 0 Å². The van der Waals surface area contributed by atoms with Crippen molar-refractivity contribution in [2.45, 2.75) is 31.7 Å². The number of anilines is 2. The van der Waals surface area contributed by atoms with E-state index in [0.717, 1.165) is 97.8 Å². The van der Waals surface area contributed by atoms with Crippen molar-refractivity contribution < 1.29 is 4.74 Å². The lowest BCUT2D eigenvalue weighted by Crippen LogP contribution is -2.46. The van der Waals surface area contributed by atoms with Gasteiger partial charge in [-0.25, -0.2) is 9.97 Å². The van der Waals surface area contributed by atoms with E-state index in [2.05, 4.69) is 77.2 Å². The van der Waals surface area contributed by atoms with E-state index in [9.17, 15) is 0 Å². The third-order valence-electron chi connectivity index (χ3n) is 7.49. The number of aromatic nitrogens is 3. The summed E-state index contributed by atoms with van der Waals surface area (Å²) < 4.78 is 6.12. The Morgan fingerprint density at radius 1 is 1.06 bits per heavy atom. The number of imidazole rings is 1. The minimum absolute atomic E-state index is 0.452. The molecule has 194 valence electrons. The molecule has 2 fully saturated rings. The van der Waals surface area contributed by atoms with Gasteiger partial charge in [0.25, 0.3) is 0 Å². The summed E-state index contributed by atoms with van der Waals surface area (Å²) in [6, 6.07) is 9.23. The molecular weight excluding hydrogens is 518 g/mol. The highest BCUT2D eigenvalue weighted by Crippen LogP contribution is 2.32. The van der Waals surface area contributed by atoms with Crippen molar-refractivity contribution in [3.63, 3.8) is 0 Å². The zero-order valence-corrected chi connectivity index (χ0v) is 23.1. The molecule has 0 bridgehead atoms. The summed E-state index contributed by atoms with van der Waals surface area (Å²) in [6.45, 7) is 8.63. The van der Waals surface area contributed by atoms with Gasteiger partial charge in [-0.1, -0.05) is 0 Å². The van der Waals surface area contributed by atoms with Crippen LogP contribution in [0.15, 0.2) is 34.9 Å². The highest BCUT2D eigenvalue weighted by Gasteiger charge is 2.21. The largest absolute Gasteiger partial charge is 0.385 e. The van der Waals surface area contributed by atoms with Crippen LogP contribution in [0.2, 0.25) is 0 Å². The van der Waals surface area contributed by atoms with Gasteiger partial charge in [-0.3, -0.25) is 4.90 Å². The van der Waals surface area contributed by atoms with Gasteiger partial charge in [0.1, 0.15) is 11.3 Å². The fraction of sp³-hybridized carbons (Fsp3) is 0.556. The Morgan fingerprint density at radius 3 is 2.53 bits per heavy atom. The fourth-order valence-corrected chi connectivity index (χ4v) is 5.61. The first kappa shape index (κ1) is 25.4. The summed E-state index contributed by atoms with van der Waals surface area (Å²) in [4.78, 5) is 20.4. The second kappa shape index (κ2) is 11.9. The molecule has 2 N–H and O–H groups in total. The Labute approximate surface area is 222 Å². The lowest BCUT2D eigenvalue weighted by atomic mass is 10.1. The fourth-order valence-electron chi connectivity index (χ4n) is 5.20. The van der Waals surface area contributed by atoms with E-state index in [-0.39, 0.29) is 0 Å². The zero-order chi connectivity index (χ0) is 24.9. The van der Waals surface area contributed by atoms with E-state index in [4.69, 9.17) is 9.72 Å². The predicted molar refractivity (Wildman–Crippen MR) is 151 cm³/mol. The van der Waals surface area contributed by atoms with Crippen LogP contribution in [0.3, 0.4) is 0 Å². The second-order valence-corrected chi connectivity index (χ2v) is 10.9. The molecule has 2 aromatic heterocycles. The lowest BCUT2D eigenvalue weighted by Gasteiger charge is -2.36. The number of rotatable bonds is 9. The highest BCUT2D eigenvalue weighted by atomic mass is 79.9. The van der Waals surface area contributed by atoms with Gasteiger partial charge in [0.05, 0.1) is 10.2 Å². The van der Waals surface area contributed by atoms with Gasteiger partial charge in [-0.05, 0) is 92.6 Å². The number of nitrogens with zero attached hydrogens (tertiary/aromatic N) is 5. The first-order chi connectivity index (χ1) is 17.6. The number of hydrogen-bond acceptors (Lipinski definition) is 7. The van der Waals surface area contributed by atoms with Gasteiger partial charge in [-0.2, -0.15) is 0 Å². The highest BCUT2D eigenvalue weighted by molar-refractivity contribution is 9.10. The quantitative estimate of drug-likeness (QED) is 0.378. The molecular formula is C27H38BrN7O. The summed E-state index contributed by atoms with van der Waals surface area (Å²) >= 11 is 3.70. The van der Waals surface area contributed by atoms with E-state index in [1.807, 2.05) is 6.20 Å². The SMILES string of the molecule is COCCCCN1CCN(c2ccc(-c3nc4c(NC5CCN(C)CC5)c(Br)cnc4[nH]3)cc2)CC1. The number of H-pyrrole nitrogens is 1. The number of hydrogen-bond donors (Lipinski definition) is 2. The Bertz CT molecular complexity index is 1120. The van der Waals surface area contributed by atoms with Gasteiger partial charge in [0.15, 0.2) is 5.65 Å². The minimum Gasteiger partial charge on any atom is -0.385 e. The van der Waals surface area contributed by atoms with Gasteiger partial charge < -0.3 is 24.8 Å². The number of halogens is 1. The standard InChI is InChI=1S/C27H38BrN7O/c1-33-12-9-21(10-13-33)30-24-23(28)19-29-27-25(24)31-26(32-27)20-5-7-22(8-6-20)35-16-14-34(15-17-35)11-3-4-18-36-2/h5-8,19,21H,3-4,9-18H2,1-2H3,(H2,29,30,31,32). The molecule has 0 unspecified atom stereocenters. The van der Waals surface area contributed by atoms with Crippen LogP contribution in [0.25, 0.3) is 22.6 Å². The summed E-state index contributed by atoms with van der Waals surface area (Å²) in [5.41, 5.74) is 5.10. The molecule has 0 spiro atoms. The molecule has 8 nitrogen and oxygen atoms in total. The van der Waals surface area contributed by atoms with Crippen molar-refractivity contribution in [3.8, 4) is 11.4 Å². The number of methoxy groups -OCH3 is 1. The number of piperidine rings is 1. The molecule has 36 heavy (non-hydrogen) atoms. The number of fused-ring (bicyclic) bond motifs is 1. The minimum atomic E-state index is 0.452. The number of pyridine rings is 1. The molecule has 3 aromatic rings. The average Bonchev–Trinajstić information content (AvgIpc) is 3.35. The van der Waals surface area contributed by atoms with Crippen LogP contribution in [0, 0.1) is 0 Å². The number of likely N-dealkylation sites (tertiary alicyclic amines) is 1. The number of unbranched alkanes of at least 4 members (excludes halogenated alkanes) is 1. The van der Waals surface area contributed by atoms with Crippen LogP contribution < -0.4 is 10.2 Å². The summed E-state index contributed by atoms with van der Waals surface area (Å²) in [5.74, 6) is 0.856. The van der Waals surface area contributed by atoms with Gasteiger partial charge in [0, 0.05) is 63.4 Å². The molecule has 5 rings (SSSR count). The molecule has 0 aliphatic carbocycles. The first-order valence-corrected chi connectivity index (χ1v) is 14.0. The van der Waals surface area contributed by atoms with Gasteiger partial charge in [-0.15, -0.1) is 0 Å². The van der Waals surface area contributed by atoms with E-state index >= 15 is 0 Å². The maximum atomic E-state index is 5.17. The summed E-state index contributed by atoms with van der Waals surface area (Å²) in [6.07, 6.45) is 6.48. The third-order valence-corrected chi connectivity index (χ3v) is 8.09. The van der Waals surface area contributed by atoms with E-state index in [1.54, 1.807) is 7.11 Å². The van der Waals surface area contributed by atoms with Crippen LogP contribution in [-0.4, -0.2) is 97.4 Å². The topological polar surface area (TPSA) is 72.6 Å². The Balaban J connectivity index is 1.24. The predicted octanol–water partition coefficient (Wildman–Crippen LogP) is 4.44. The Kier molecular flexibility index (Phi) is 8.41. The van der Waals surface area contributed by atoms with Crippen molar-refractivity contribution in [2.75, 3.05) is 76.8 Å². The van der Waals surface area contributed by atoms with Gasteiger partial charge in [0.2, 0.25) is 0 Å². The van der Waals surface area contributed by atoms with Crippen LogP contribution >= 0.6 is 15.9 Å². The van der Waals surface area contributed by atoms with E-state index < -0.39 is 0 Å². The summed E-state index contributed by atoms with van der Waals surface area (Å²) in [7, 11) is 3.97. The van der Waals surface area contributed by atoms with Crippen LogP contribution in [-0.2, 0) is 4.74 Å². The molecule has 9 heteroatoms. The molecule has 0 atom stereocenters. The smallest absolute Gasteiger partial charge is 0.159 e. The number of ether oxygens (including phenoxy) is 1. The first-order valence-electron chi connectivity index (χ1n) is 13.2. The molecule has 0 radical (unpaired) electrons. The number of benzene rings is 1. The number of nitrogens with one attached hydrogen (secondary N) is 2.